The van der Waals surface area contributed by atoms with Crippen molar-refractivity contribution in [2.75, 3.05) is 18.5 Å². The number of esters is 1. The van der Waals surface area contributed by atoms with Crippen LogP contribution in [0.3, 0.4) is 0 Å². The number of carbonyl (C=O) groups is 3. The van der Waals surface area contributed by atoms with E-state index in [0.29, 0.717) is 29.6 Å². The Balaban J connectivity index is 1.34. The topological polar surface area (TPSA) is 130 Å². The average molecular weight is 458 g/mol. The molecule has 2 aromatic carbocycles. The third kappa shape index (κ3) is 6.92. The monoisotopic (exact) mass is 458 g/mol. The third-order valence-corrected chi connectivity index (χ3v) is 4.47. The lowest BCUT2D eigenvalue weighted by atomic mass is 10.2. The summed E-state index contributed by atoms with van der Waals surface area (Å²) in [4.78, 5) is 54.3. The first-order valence-electron chi connectivity index (χ1n) is 9.97. The highest BCUT2D eigenvalue weighted by Gasteiger charge is 2.11. The standard InChI is InChI=1S/C22H20F2N4O5/c23-15-9-8-13(10-16(15)24)26-19(29)11-25-20(30)12-33-21(31)7-3-6-18-27-17-5-2-1-4-14(17)22(32)28-18/h1-2,4-5,8-10H,3,6-7,11-12H2,(H,25,30)(H,26,29)(H,27,28,32). The summed E-state index contributed by atoms with van der Waals surface area (Å²) in [6.07, 6.45) is 0.685. The van der Waals surface area contributed by atoms with E-state index < -0.39 is 42.6 Å². The van der Waals surface area contributed by atoms with Crippen LogP contribution in [0.5, 0.6) is 0 Å². The molecule has 3 rings (SSSR count). The Morgan fingerprint density at radius 1 is 1.03 bits per heavy atom. The van der Waals surface area contributed by atoms with Gasteiger partial charge in [0.1, 0.15) is 5.82 Å². The van der Waals surface area contributed by atoms with Crippen LogP contribution in [0.25, 0.3) is 10.9 Å². The molecule has 33 heavy (non-hydrogen) atoms. The van der Waals surface area contributed by atoms with Crippen LogP contribution < -0.4 is 16.2 Å². The molecule has 0 atom stereocenters. The molecule has 172 valence electrons. The van der Waals surface area contributed by atoms with Crippen LogP contribution in [0, 0.1) is 11.6 Å². The molecule has 11 heteroatoms. The van der Waals surface area contributed by atoms with Crippen LogP contribution in [0.1, 0.15) is 18.7 Å². The number of nitrogens with one attached hydrogen (secondary N) is 3. The lowest BCUT2D eigenvalue weighted by molar-refractivity contribution is -0.148. The van der Waals surface area contributed by atoms with Gasteiger partial charge in [0.15, 0.2) is 18.2 Å². The van der Waals surface area contributed by atoms with E-state index in [1.54, 1.807) is 24.3 Å². The number of rotatable bonds is 9. The molecule has 3 aromatic rings. The van der Waals surface area contributed by atoms with Crippen molar-refractivity contribution in [1.29, 1.82) is 0 Å². The second-order valence-corrected chi connectivity index (χ2v) is 7.00. The zero-order chi connectivity index (χ0) is 23.8. The van der Waals surface area contributed by atoms with E-state index in [0.717, 1.165) is 12.1 Å². The largest absolute Gasteiger partial charge is 0.456 e. The van der Waals surface area contributed by atoms with Crippen molar-refractivity contribution in [3.63, 3.8) is 0 Å². The van der Waals surface area contributed by atoms with E-state index in [-0.39, 0.29) is 17.7 Å². The number of benzene rings is 2. The molecule has 0 spiro atoms. The van der Waals surface area contributed by atoms with Crippen molar-refractivity contribution in [3.8, 4) is 0 Å². The number of aromatic amines is 1. The summed E-state index contributed by atoms with van der Waals surface area (Å²) in [7, 11) is 0. The summed E-state index contributed by atoms with van der Waals surface area (Å²) < 4.78 is 30.8. The summed E-state index contributed by atoms with van der Waals surface area (Å²) in [5, 5.41) is 5.01. The Morgan fingerprint density at radius 2 is 1.82 bits per heavy atom. The zero-order valence-corrected chi connectivity index (χ0v) is 17.3. The molecule has 1 aromatic heterocycles. The van der Waals surface area contributed by atoms with E-state index >= 15 is 0 Å². The predicted molar refractivity (Wildman–Crippen MR) is 114 cm³/mol. The highest BCUT2D eigenvalue weighted by molar-refractivity contribution is 5.94. The van der Waals surface area contributed by atoms with Gasteiger partial charge in [-0.25, -0.2) is 13.8 Å². The first-order valence-corrected chi connectivity index (χ1v) is 9.97. The second-order valence-electron chi connectivity index (χ2n) is 7.00. The maximum atomic E-state index is 13.1. The molecule has 2 amide bonds. The van der Waals surface area contributed by atoms with Gasteiger partial charge in [-0.2, -0.15) is 0 Å². The number of H-pyrrole nitrogens is 1. The number of halogens is 2. The summed E-state index contributed by atoms with van der Waals surface area (Å²) in [5.41, 5.74) is 0.328. The minimum Gasteiger partial charge on any atom is -0.456 e. The molecule has 9 nitrogen and oxygen atoms in total. The fourth-order valence-corrected chi connectivity index (χ4v) is 2.88. The number of aryl methyl sites for hydroxylation is 1. The number of fused-ring (bicyclic) bond motifs is 1. The summed E-state index contributed by atoms with van der Waals surface area (Å²) in [5.74, 6) is -3.73. The van der Waals surface area contributed by atoms with Crippen LogP contribution >= 0.6 is 0 Å². The Bertz CT molecular complexity index is 1240. The van der Waals surface area contributed by atoms with Gasteiger partial charge in [-0.15, -0.1) is 0 Å². The highest BCUT2D eigenvalue weighted by atomic mass is 19.2. The smallest absolute Gasteiger partial charge is 0.306 e. The molecule has 0 fully saturated rings. The van der Waals surface area contributed by atoms with Crippen molar-refractivity contribution in [2.24, 2.45) is 0 Å². The molecule has 0 aliphatic heterocycles. The molecule has 0 bridgehead atoms. The normalized spacial score (nSPS) is 10.6. The number of amides is 2. The number of hydrogen-bond donors (Lipinski definition) is 3. The average Bonchev–Trinajstić information content (AvgIpc) is 2.79. The molecular formula is C22H20F2N4O5. The number of anilines is 1. The van der Waals surface area contributed by atoms with Crippen LogP contribution in [0.4, 0.5) is 14.5 Å². The minimum absolute atomic E-state index is 0.000431. The van der Waals surface area contributed by atoms with Crippen molar-refractivity contribution < 1.29 is 27.9 Å². The number of para-hydroxylation sites is 1. The Hall–Kier alpha value is -4.15. The Kier molecular flexibility index (Phi) is 7.79. The van der Waals surface area contributed by atoms with Crippen LogP contribution in [-0.2, 0) is 25.5 Å². The van der Waals surface area contributed by atoms with Crippen molar-refractivity contribution in [1.82, 2.24) is 15.3 Å². The molecule has 0 aliphatic rings. The van der Waals surface area contributed by atoms with E-state index in [4.69, 9.17) is 4.74 Å². The Morgan fingerprint density at radius 3 is 2.61 bits per heavy atom. The van der Waals surface area contributed by atoms with Gasteiger partial charge in [-0.3, -0.25) is 19.2 Å². The van der Waals surface area contributed by atoms with Gasteiger partial charge in [-0.05, 0) is 30.7 Å². The van der Waals surface area contributed by atoms with Gasteiger partial charge >= 0.3 is 5.97 Å². The van der Waals surface area contributed by atoms with Gasteiger partial charge < -0.3 is 20.4 Å². The first-order chi connectivity index (χ1) is 15.8. The van der Waals surface area contributed by atoms with Gasteiger partial charge in [0.05, 0.1) is 17.4 Å². The van der Waals surface area contributed by atoms with E-state index in [1.807, 2.05) is 0 Å². The van der Waals surface area contributed by atoms with Crippen LogP contribution in [0.2, 0.25) is 0 Å². The van der Waals surface area contributed by atoms with Crippen molar-refractivity contribution >= 4 is 34.4 Å². The molecule has 0 saturated carbocycles. The van der Waals surface area contributed by atoms with Gasteiger partial charge in [0, 0.05) is 24.6 Å². The number of nitrogens with zero attached hydrogens (tertiary/aromatic N) is 1. The third-order valence-electron chi connectivity index (χ3n) is 4.47. The number of ether oxygens (including phenoxy) is 1. The van der Waals surface area contributed by atoms with Gasteiger partial charge in [0.25, 0.3) is 11.5 Å². The SMILES string of the molecule is O=C(COC(=O)CCCc1nc2ccccc2c(=O)[nH]1)NCC(=O)Nc1ccc(F)c(F)c1. The molecule has 0 aliphatic carbocycles. The summed E-state index contributed by atoms with van der Waals surface area (Å²) >= 11 is 0. The fraction of sp³-hybridized carbons (Fsp3) is 0.227. The zero-order valence-electron chi connectivity index (χ0n) is 17.3. The summed E-state index contributed by atoms with van der Waals surface area (Å²) in [6.45, 7) is -1.03. The lowest BCUT2D eigenvalue weighted by Gasteiger charge is -2.08. The molecule has 0 radical (unpaired) electrons. The molecule has 0 saturated heterocycles. The quantitative estimate of drug-likeness (QED) is 0.420. The molecule has 0 unspecified atom stereocenters. The fourth-order valence-electron chi connectivity index (χ4n) is 2.88. The Labute approximate surface area is 186 Å². The van der Waals surface area contributed by atoms with Gasteiger partial charge in [-0.1, -0.05) is 12.1 Å². The van der Waals surface area contributed by atoms with E-state index in [1.165, 1.54) is 6.07 Å². The lowest BCUT2D eigenvalue weighted by Crippen LogP contribution is -2.35. The first kappa shape index (κ1) is 23.5. The van der Waals surface area contributed by atoms with Crippen LogP contribution in [-0.4, -0.2) is 40.9 Å². The van der Waals surface area contributed by atoms with Crippen molar-refractivity contribution in [3.05, 3.63) is 70.3 Å². The number of carbonyl (C=O) groups excluding carboxylic acids is 3. The molecule has 3 N–H and O–H groups in total. The molecule has 1 heterocycles. The molecular weight excluding hydrogens is 438 g/mol. The second kappa shape index (κ2) is 10.9. The van der Waals surface area contributed by atoms with Gasteiger partial charge in [0.2, 0.25) is 5.91 Å². The highest BCUT2D eigenvalue weighted by Crippen LogP contribution is 2.12. The van der Waals surface area contributed by atoms with E-state index in [9.17, 15) is 28.0 Å². The van der Waals surface area contributed by atoms with Crippen molar-refractivity contribution in [2.45, 2.75) is 19.3 Å². The number of hydrogen-bond acceptors (Lipinski definition) is 6. The maximum Gasteiger partial charge on any atom is 0.306 e. The van der Waals surface area contributed by atoms with E-state index in [2.05, 4.69) is 20.6 Å². The maximum absolute atomic E-state index is 13.1. The minimum atomic E-state index is -1.12. The number of aromatic nitrogens is 2. The summed E-state index contributed by atoms with van der Waals surface area (Å²) in [6, 6.07) is 9.73. The predicted octanol–water partition coefficient (Wildman–Crippen LogP) is 1.82. The van der Waals surface area contributed by atoms with Crippen LogP contribution in [0.15, 0.2) is 47.3 Å².